The molecule has 0 bridgehead atoms. The number of rotatable bonds is 1. The van der Waals surface area contributed by atoms with E-state index in [1.165, 1.54) is 0 Å². The molecular weight excluding hydrogens is 236 g/mol. The van der Waals surface area contributed by atoms with Crippen LogP contribution in [0.3, 0.4) is 0 Å². The van der Waals surface area contributed by atoms with Crippen LogP contribution >= 0.6 is 0 Å². The summed E-state index contributed by atoms with van der Waals surface area (Å²) in [6, 6.07) is 10.2. The number of nitrogens with zero attached hydrogens (tertiary/aromatic N) is 4. The Balaban J connectivity index is 2.10. The summed E-state index contributed by atoms with van der Waals surface area (Å²) in [7, 11) is 0. The predicted octanol–water partition coefficient (Wildman–Crippen LogP) is 2.94. The second kappa shape index (κ2) is 3.88. The Labute approximate surface area is 109 Å². The number of para-hydroxylation sites is 1. The Morgan fingerprint density at radius 3 is 2.84 bits per heavy atom. The van der Waals surface area contributed by atoms with Crippen LogP contribution in [0.4, 0.5) is 0 Å². The van der Waals surface area contributed by atoms with Crippen molar-refractivity contribution in [3.8, 4) is 11.3 Å². The quantitative estimate of drug-likeness (QED) is 0.518. The van der Waals surface area contributed by atoms with Gasteiger partial charge in [-0.3, -0.25) is 14.4 Å². The minimum absolute atomic E-state index is 0.838. The molecule has 4 aromatic rings. The van der Waals surface area contributed by atoms with Crippen LogP contribution in [-0.4, -0.2) is 19.4 Å². The van der Waals surface area contributed by atoms with E-state index in [1.54, 1.807) is 12.4 Å². The van der Waals surface area contributed by atoms with Crippen molar-refractivity contribution in [1.29, 1.82) is 0 Å². The van der Waals surface area contributed by atoms with Gasteiger partial charge in [-0.25, -0.2) is 4.98 Å². The van der Waals surface area contributed by atoms with Crippen LogP contribution in [-0.2, 0) is 0 Å². The number of hydrogen-bond donors (Lipinski definition) is 0. The van der Waals surface area contributed by atoms with E-state index in [-0.39, 0.29) is 0 Å². The van der Waals surface area contributed by atoms with E-state index in [2.05, 4.69) is 33.2 Å². The van der Waals surface area contributed by atoms with Gasteiger partial charge < -0.3 is 0 Å². The number of aromatic nitrogens is 4. The zero-order valence-electron chi connectivity index (χ0n) is 10.1. The highest BCUT2D eigenvalue weighted by Gasteiger charge is 2.09. The molecule has 19 heavy (non-hydrogen) atoms. The van der Waals surface area contributed by atoms with Crippen molar-refractivity contribution >= 4 is 16.6 Å². The largest absolute Gasteiger partial charge is 0.297 e. The minimum atomic E-state index is 0.838. The van der Waals surface area contributed by atoms with Gasteiger partial charge in [0.15, 0.2) is 5.65 Å². The van der Waals surface area contributed by atoms with Gasteiger partial charge in [-0.2, -0.15) is 0 Å². The number of pyridine rings is 1. The average Bonchev–Trinajstić information content (AvgIpc) is 2.90. The van der Waals surface area contributed by atoms with Crippen molar-refractivity contribution in [3.63, 3.8) is 0 Å². The summed E-state index contributed by atoms with van der Waals surface area (Å²) in [6.07, 6.45) is 9.11. The maximum atomic E-state index is 4.49. The molecule has 4 nitrogen and oxygen atoms in total. The van der Waals surface area contributed by atoms with Crippen LogP contribution in [0.25, 0.3) is 27.8 Å². The monoisotopic (exact) mass is 246 g/mol. The summed E-state index contributed by atoms with van der Waals surface area (Å²) in [6.45, 7) is 0. The fourth-order valence-electron chi connectivity index (χ4n) is 2.35. The van der Waals surface area contributed by atoms with Crippen LogP contribution in [0.5, 0.6) is 0 Å². The molecule has 0 N–H and O–H groups in total. The first-order chi connectivity index (χ1) is 9.43. The lowest BCUT2D eigenvalue weighted by Gasteiger charge is -2.05. The molecule has 90 valence electrons. The van der Waals surface area contributed by atoms with Crippen LogP contribution < -0.4 is 0 Å². The first-order valence-corrected chi connectivity index (χ1v) is 6.05. The van der Waals surface area contributed by atoms with Gasteiger partial charge >= 0.3 is 0 Å². The predicted molar refractivity (Wildman–Crippen MR) is 73.7 cm³/mol. The van der Waals surface area contributed by atoms with Crippen molar-refractivity contribution in [3.05, 3.63) is 61.3 Å². The summed E-state index contributed by atoms with van der Waals surface area (Å²) in [5.74, 6) is 0. The molecule has 0 saturated carbocycles. The summed E-state index contributed by atoms with van der Waals surface area (Å²) in [4.78, 5) is 12.9. The first kappa shape index (κ1) is 10.2. The van der Waals surface area contributed by atoms with Gasteiger partial charge in [0.2, 0.25) is 0 Å². The summed E-state index contributed by atoms with van der Waals surface area (Å²) in [5.41, 5.74) is 3.94. The molecule has 0 radical (unpaired) electrons. The van der Waals surface area contributed by atoms with Crippen molar-refractivity contribution in [1.82, 2.24) is 19.4 Å². The van der Waals surface area contributed by atoms with E-state index in [0.29, 0.717) is 0 Å². The van der Waals surface area contributed by atoms with E-state index >= 15 is 0 Å². The molecule has 0 atom stereocenters. The second-order valence-corrected chi connectivity index (χ2v) is 4.33. The Kier molecular flexibility index (Phi) is 2.08. The van der Waals surface area contributed by atoms with Crippen molar-refractivity contribution in [2.24, 2.45) is 0 Å². The van der Waals surface area contributed by atoms with Crippen molar-refractivity contribution in [2.45, 2.75) is 0 Å². The van der Waals surface area contributed by atoms with Gasteiger partial charge in [0.25, 0.3) is 0 Å². The number of imidazole rings is 1. The Morgan fingerprint density at radius 2 is 1.84 bits per heavy atom. The molecule has 0 aliphatic carbocycles. The lowest BCUT2D eigenvalue weighted by atomic mass is 10.1. The fraction of sp³-hybridized carbons (Fsp3) is 0. The van der Waals surface area contributed by atoms with Crippen LogP contribution in [0, 0.1) is 0 Å². The van der Waals surface area contributed by atoms with Gasteiger partial charge in [0, 0.05) is 29.5 Å². The van der Waals surface area contributed by atoms with E-state index < -0.39 is 0 Å². The fourth-order valence-corrected chi connectivity index (χ4v) is 2.35. The average molecular weight is 246 g/mol. The van der Waals surface area contributed by atoms with Crippen LogP contribution in [0.2, 0.25) is 0 Å². The molecule has 3 heterocycles. The van der Waals surface area contributed by atoms with Gasteiger partial charge in [-0.05, 0) is 6.07 Å². The molecule has 0 unspecified atom stereocenters. The van der Waals surface area contributed by atoms with E-state index in [1.807, 2.05) is 35.1 Å². The van der Waals surface area contributed by atoms with Crippen molar-refractivity contribution < 1.29 is 0 Å². The zero-order chi connectivity index (χ0) is 12.7. The van der Waals surface area contributed by atoms with Crippen LogP contribution in [0.15, 0.2) is 61.3 Å². The molecule has 0 saturated heterocycles. The highest BCUT2D eigenvalue weighted by Crippen LogP contribution is 2.27. The number of fused-ring (bicyclic) bond motifs is 2. The lowest BCUT2D eigenvalue weighted by Crippen LogP contribution is -1.90. The maximum absolute atomic E-state index is 4.49. The van der Waals surface area contributed by atoms with Gasteiger partial charge in [0.1, 0.15) is 0 Å². The number of hydrogen-bond acceptors (Lipinski definition) is 3. The molecule has 0 aliphatic rings. The van der Waals surface area contributed by atoms with Gasteiger partial charge in [-0.1, -0.05) is 24.3 Å². The second-order valence-electron chi connectivity index (χ2n) is 4.33. The molecule has 1 aromatic carbocycles. The number of benzene rings is 1. The smallest absolute Gasteiger partial charge is 0.155 e. The summed E-state index contributed by atoms with van der Waals surface area (Å²) >= 11 is 0. The summed E-state index contributed by atoms with van der Waals surface area (Å²) in [5, 5.41) is 1.13. The Bertz CT molecular complexity index is 874. The first-order valence-electron chi connectivity index (χ1n) is 6.05. The summed E-state index contributed by atoms with van der Waals surface area (Å²) < 4.78 is 2.02. The molecule has 0 aliphatic heterocycles. The van der Waals surface area contributed by atoms with Gasteiger partial charge in [0.05, 0.1) is 23.6 Å². The van der Waals surface area contributed by atoms with E-state index in [9.17, 15) is 0 Å². The van der Waals surface area contributed by atoms with E-state index in [0.717, 1.165) is 27.8 Å². The highest BCUT2D eigenvalue weighted by atomic mass is 15.0. The maximum Gasteiger partial charge on any atom is 0.155 e. The third kappa shape index (κ3) is 1.50. The Hall–Kier alpha value is -2.75. The molecule has 4 rings (SSSR count). The van der Waals surface area contributed by atoms with Gasteiger partial charge in [-0.15, -0.1) is 0 Å². The third-order valence-corrected chi connectivity index (χ3v) is 3.23. The lowest BCUT2D eigenvalue weighted by molar-refractivity contribution is 1.13. The highest BCUT2D eigenvalue weighted by molar-refractivity contribution is 5.92. The minimum Gasteiger partial charge on any atom is -0.297 e. The zero-order valence-corrected chi connectivity index (χ0v) is 10.1. The Morgan fingerprint density at radius 1 is 0.895 bits per heavy atom. The third-order valence-electron chi connectivity index (χ3n) is 3.23. The molecule has 0 spiro atoms. The molecule has 4 heteroatoms. The van der Waals surface area contributed by atoms with Crippen molar-refractivity contribution in [2.75, 3.05) is 0 Å². The van der Waals surface area contributed by atoms with E-state index in [4.69, 9.17) is 0 Å². The van der Waals surface area contributed by atoms with Crippen LogP contribution in [0.1, 0.15) is 0 Å². The normalized spacial score (nSPS) is 11.2. The SMILES string of the molecule is c1cnc2c(-c3cnc4cnccn34)cccc2c1. The molecule has 0 amide bonds. The molecular formula is C15H10N4. The molecule has 0 fully saturated rings. The molecule has 3 aromatic heterocycles. The standard InChI is InChI=1S/C15H10N4/c1-3-11-4-2-6-17-15(11)12(5-1)13-9-18-14-10-16-7-8-19(13)14/h1-10H. The topological polar surface area (TPSA) is 43.1 Å².